The second-order valence-corrected chi connectivity index (χ2v) is 2.90. The van der Waals surface area contributed by atoms with E-state index >= 15 is 0 Å². The van der Waals surface area contributed by atoms with E-state index in [2.05, 4.69) is 15.6 Å². The third-order valence-corrected chi connectivity index (χ3v) is 2.04. The molecule has 2 heterocycles. The van der Waals surface area contributed by atoms with Crippen LogP contribution in [-0.2, 0) is 0 Å². The van der Waals surface area contributed by atoms with Gasteiger partial charge in [-0.05, 0) is 18.7 Å². The van der Waals surface area contributed by atoms with Crippen LogP contribution in [0.5, 0.6) is 0 Å². The number of amides is 1. The minimum atomic E-state index is -0.117. The van der Waals surface area contributed by atoms with Crippen molar-refractivity contribution in [3.63, 3.8) is 0 Å². The first-order valence-electron chi connectivity index (χ1n) is 4.32. The Bertz CT molecular complexity index is 337. The van der Waals surface area contributed by atoms with Gasteiger partial charge in [-0.3, -0.25) is 15.1 Å². The number of fused-ring (bicyclic) bond motifs is 1. The van der Waals surface area contributed by atoms with Crippen molar-refractivity contribution < 1.29 is 4.79 Å². The number of nitrogens with zero attached hydrogens (tertiary/aromatic N) is 1. The first-order chi connectivity index (χ1) is 6.33. The summed E-state index contributed by atoms with van der Waals surface area (Å²) in [7, 11) is 0. The molecule has 1 aliphatic heterocycles. The van der Waals surface area contributed by atoms with Crippen LogP contribution in [0.4, 0.5) is 0 Å². The van der Waals surface area contributed by atoms with Crippen molar-refractivity contribution in [3.8, 4) is 0 Å². The van der Waals surface area contributed by atoms with Gasteiger partial charge >= 0.3 is 0 Å². The number of pyridine rings is 1. The Kier molecular flexibility index (Phi) is 1.98. The number of hydrogen-bond donors (Lipinski definition) is 2. The van der Waals surface area contributed by atoms with Crippen molar-refractivity contribution in [1.29, 1.82) is 0 Å². The van der Waals surface area contributed by atoms with Crippen LogP contribution in [0.15, 0.2) is 18.3 Å². The average Bonchev–Trinajstić information content (AvgIpc) is 2.46. The molecule has 0 saturated carbocycles. The summed E-state index contributed by atoms with van der Waals surface area (Å²) < 4.78 is 0. The molecule has 4 heteroatoms. The highest BCUT2D eigenvalue weighted by Gasteiger charge is 2.28. The molecule has 1 unspecified atom stereocenters. The highest BCUT2D eigenvalue weighted by atomic mass is 16.2. The second kappa shape index (κ2) is 3.14. The lowest BCUT2D eigenvalue weighted by Gasteiger charge is -2.10. The monoisotopic (exact) mass is 177 g/mol. The SMILES string of the molecule is CCNC1NC(=O)c2cccnc21. The number of carbonyl (C=O) groups is 1. The molecule has 0 aromatic carbocycles. The predicted molar refractivity (Wildman–Crippen MR) is 48.1 cm³/mol. The lowest BCUT2D eigenvalue weighted by Crippen LogP contribution is -2.31. The summed E-state index contributed by atoms with van der Waals surface area (Å²) in [6.07, 6.45) is 1.58. The normalized spacial score (nSPS) is 19.8. The van der Waals surface area contributed by atoms with Crippen molar-refractivity contribution in [2.24, 2.45) is 0 Å². The number of rotatable bonds is 2. The molecular weight excluding hydrogens is 166 g/mol. The number of nitrogens with one attached hydrogen (secondary N) is 2. The van der Waals surface area contributed by atoms with Crippen LogP contribution < -0.4 is 10.6 Å². The predicted octanol–water partition coefficient (Wildman–Crippen LogP) is 0.433. The Labute approximate surface area is 76.4 Å². The van der Waals surface area contributed by atoms with Gasteiger partial charge in [-0.15, -0.1) is 0 Å². The molecule has 1 aromatic heterocycles. The zero-order chi connectivity index (χ0) is 9.26. The Morgan fingerprint density at radius 2 is 2.54 bits per heavy atom. The highest BCUT2D eigenvalue weighted by Crippen LogP contribution is 2.19. The lowest BCUT2D eigenvalue weighted by molar-refractivity contribution is 0.0951. The van der Waals surface area contributed by atoms with Crippen LogP contribution in [0.25, 0.3) is 0 Å². The van der Waals surface area contributed by atoms with Gasteiger partial charge in [-0.25, -0.2) is 0 Å². The fourth-order valence-electron chi connectivity index (χ4n) is 1.47. The van der Waals surface area contributed by atoms with Crippen LogP contribution in [0.3, 0.4) is 0 Å². The zero-order valence-electron chi connectivity index (χ0n) is 7.37. The molecule has 0 radical (unpaired) electrons. The zero-order valence-corrected chi connectivity index (χ0v) is 7.37. The Morgan fingerprint density at radius 3 is 3.31 bits per heavy atom. The molecule has 0 spiro atoms. The molecule has 2 N–H and O–H groups in total. The van der Waals surface area contributed by atoms with E-state index in [4.69, 9.17) is 0 Å². The maximum absolute atomic E-state index is 11.4. The standard InChI is InChI=1S/C9H11N3O/c1-2-10-8-7-6(9(13)12-8)4-3-5-11-7/h3-5,8,10H,2H2,1H3,(H,12,13). The van der Waals surface area contributed by atoms with Gasteiger partial charge in [-0.1, -0.05) is 6.92 Å². The van der Waals surface area contributed by atoms with E-state index in [-0.39, 0.29) is 12.1 Å². The van der Waals surface area contributed by atoms with Crippen molar-refractivity contribution in [2.45, 2.75) is 13.1 Å². The molecule has 2 rings (SSSR count). The fourth-order valence-corrected chi connectivity index (χ4v) is 1.47. The lowest BCUT2D eigenvalue weighted by atomic mass is 10.2. The molecule has 1 aromatic rings. The molecule has 1 amide bonds. The van der Waals surface area contributed by atoms with E-state index in [0.29, 0.717) is 5.56 Å². The topological polar surface area (TPSA) is 54.0 Å². The maximum atomic E-state index is 11.4. The first-order valence-corrected chi connectivity index (χ1v) is 4.32. The van der Waals surface area contributed by atoms with Gasteiger partial charge in [0.15, 0.2) is 0 Å². The minimum absolute atomic E-state index is 0.0472. The summed E-state index contributed by atoms with van der Waals surface area (Å²) in [5.74, 6) is -0.0472. The summed E-state index contributed by atoms with van der Waals surface area (Å²) in [6, 6.07) is 3.56. The van der Waals surface area contributed by atoms with Crippen LogP contribution in [0.2, 0.25) is 0 Å². The van der Waals surface area contributed by atoms with E-state index in [1.165, 1.54) is 0 Å². The van der Waals surface area contributed by atoms with Gasteiger partial charge in [0.2, 0.25) is 0 Å². The van der Waals surface area contributed by atoms with E-state index in [1.807, 2.05) is 6.92 Å². The maximum Gasteiger partial charge on any atom is 0.254 e. The largest absolute Gasteiger partial charge is 0.331 e. The molecule has 1 atom stereocenters. The minimum Gasteiger partial charge on any atom is -0.331 e. The van der Waals surface area contributed by atoms with Gasteiger partial charge in [0.25, 0.3) is 5.91 Å². The highest BCUT2D eigenvalue weighted by molar-refractivity contribution is 5.98. The van der Waals surface area contributed by atoms with Crippen molar-refractivity contribution >= 4 is 5.91 Å². The van der Waals surface area contributed by atoms with Crippen LogP contribution in [-0.4, -0.2) is 17.4 Å². The summed E-state index contributed by atoms with van der Waals surface area (Å²) in [5.41, 5.74) is 1.47. The van der Waals surface area contributed by atoms with Crippen LogP contribution in [0.1, 0.15) is 29.1 Å². The molecule has 0 bridgehead atoms. The Morgan fingerprint density at radius 1 is 1.69 bits per heavy atom. The van der Waals surface area contributed by atoms with Gasteiger partial charge in [0, 0.05) is 6.20 Å². The summed E-state index contributed by atoms with van der Waals surface area (Å²) in [6.45, 7) is 2.80. The molecule has 1 aliphatic rings. The van der Waals surface area contributed by atoms with Crippen LogP contribution >= 0.6 is 0 Å². The first kappa shape index (κ1) is 8.19. The summed E-state index contributed by atoms with van der Waals surface area (Å²) in [4.78, 5) is 15.5. The number of hydrogen-bond acceptors (Lipinski definition) is 3. The van der Waals surface area contributed by atoms with Gasteiger partial charge < -0.3 is 5.32 Å². The van der Waals surface area contributed by atoms with Crippen LogP contribution in [0, 0.1) is 0 Å². The quantitative estimate of drug-likeness (QED) is 0.689. The molecule has 0 aliphatic carbocycles. The van der Waals surface area contributed by atoms with E-state index in [9.17, 15) is 4.79 Å². The van der Waals surface area contributed by atoms with Crippen molar-refractivity contribution in [3.05, 3.63) is 29.6 Å². The smallest absolute Gasteiger partial charge is 0.254 e. The molecule has 0 fully saturated rings. The van der Waals surface area contributed by atoms with Gasteiger partial charge in [0.1, 0.15) is 6.17 Å². The third-order valence-electron chi connectivity index (χ3n) is 2.04. The fraction of sp³-hybridized carbons (Fsp3) is 0.333. The summed E-state index contributed by atoms with van der Waals surface area (Å²) >= 11 is 0. The van der Waals surface area contributed by atoms with E-state index in [0.717, 1.165) is 12.2 Å². The van der Waals surface area contributed by atoms with E-state index < -0.39 is 0 Å². The molecule has 13 heavy (non-hydrogen) atoms. The number of aromatic nitrogens is 1. The second-order valence-electron chi connectivity index (χ2n) is 2.90. The Balaban J connectivity index is 2.36. The Hall–Kier alpha value is -1.42. The van der Waals surface area contributed by atoms with Crippen molar-refractivity contribution in [1.82, 2.24) is 15.6 Å². The summed E-state index contributed by atoms with van der Waals surface area (Å²) in [5, 5.41) is 5.94. The molecule has 0 saturated heterocycles. The van der Waals surface area contributed by atoms with E-state index in [1.54, 1.807) is 18.3 Å². The third kappa shape index (κ3) is 1.29. The van der Waals surface area contributed by atoms with Gasteiger partial charge in [0.05, 0.1) is 11.3 Å². The van der Waals surface area contributed by atoms with Gasteiger partial charge in [-0.2, -0.15) is 0 Å². The van der Waals surface area contributed by atoms with Crippen molar-refractivity contribution in [2.75, 3.05) is 6.54 Å². The molecule has 68 valence electrons. The molecular formula is C9H11N3O. The average molecular weight is 177 g/mol. The number of carbonyl (C=O) groups excluding carboxylic acids is 1. The molecule has 4 nitrogen and oxygen atoms in total.